The van der Waals surface area contributed by atoms with E-state index < -0.39 is 15.9 Å². The zero-order chi connectivity index (χ0) is 22.4. The summed E-state index contributed by atoms with van der Waals surface area (Å²) in [6.45, 7) is 0. The van der Waals surface area contributed by atoms with Crippen molar-refractivity contribution in [2.75, 3.05) is 19.5 Å². The molecule has 3 rings (SSSR count). The Morgan fingerprint density at radius 1 is 1.00 bits per heavy atom. The van der Waals surface area contributed by atoms with E-state index in [0.29, 0.717) is 22.8 Å². The van der Waals surface area contributed by atoms with Crippen molar-refractivity contribution in [3.8, 4) is 11.5 Å². The predicted molar refractivity (Wildman–Crippen MR) is 117 cm³/mol. The Kier molecular flexibility index (Phi) is 6.68. The van der Waals surface area contributed by atoms with Gasteiger partial charge in [0, 0.05) is 29.7 Å². The summed E-state index contributed by atoms with van der Waals surface area (Å²) in [4.78, 5) is 16.8. The van der Waals surface area contributed by atoms with Crippen LogP contribution in [0.1, 0.15) is 11.1 Å². The van der Waals surface area contributed by atoms with Crippen molar-refractivity contribution in [1.29, 1.82) is 0 Å². The third-order valence-electron chi connectivity index (χ3n) is 4.39. The largest absolute Gasteiger partial charge is 0.493 e. The Labute approximate surface area is 180 Å². The van der Waals surface area contributed by atoms with Crippen LogP contribution in [0.2, 0.25) is 0 Å². The Morgan fingerprint density at radius 3 is 2.29 bits per heavy atom. The van der Waals surface area contributed by atoms with Crippen LogP contribution in [0.4, 0.5) is 5.69 Å². The number of methoxy groups -OCH3 is 2. The first kappa shape index (κ1) is 22.0. The number of carbonyl (C=O) groups excluding carboxylic acids is 1. The highest BCUT2D eigenvalue weighted by Gasteiger charge is 2.13. The van der Waals surface area contributed by atoms with E-state index in [1.54, 1.807) is 37.7 Å². The average Bonchev–Trinajstić information content (AvgIpc) is 2.77. The fraction of sp³-hybridized carbons (Fsp3) is 0.0909. The second-order valence-corrected chi connectivity index (χ2v) is 7.99. The third-order valence-corrected chi connectivity index (χ3v) is 5.32. The molecule has 0 aliphatic carbocycles. The van der Waals surface area contributed by atoms with Crippen LogP contribution in [-0.4, -0.2) is 33.5 Å². The minimum absolute atomic E-state index is 0.0394. The van der Waals surface area contributed by atoms with Gasteiger partial charge in [-0.2, -0.15) is 0 Å². The number of hydrogen-bond acceptors (Lipinski definition) is 6. The number of nitrogens with zero attached hydrogens (tertiary/aromatic N) is 1. The van der Waals surface area contributed by atoms with E-state index in [9.17, 15) is 13.2 Å². The molecular formula is C22H21N3O5S. The number of anilines is 1. The van der Waals surface area contributed by atoms with Crippen molar-refractivity contribution in [1.82, 2.24) is 4.98 Å². The van der Waals surface area contributed by atoms with Crippen molar-refractivity contribution in [2.24, 2.45) is 5.14 Å². The topological polar surface area (TPSA) is 121 Å². The number of aromatic nitrogens is 1. The summed E-state index contributed by atoms with van der Waals surface area (Å²) in [5.74, 6) is 0.682. The normalized spacial score (nSPS) is 11.6. The van der Waals surface area contributed by atoms with Crippen LogP contribution < -0.4 is 19.9 Å². The lowest BCUT2D eigenvalue weighted by atomic mass is 9.98. The molecule has 2 aromatic carbocycles. The second-order valence-electron chi connectivity index (χ2n) is 6.43. The van der Waals surface area contributed by atoms with Gasteiger partial charge in [-0.15, -0.1) is 0 Å². The number of rotatable bonds is 7. The van der Waals surface area contributed by atoms with Crippen molar-refractivity contribution >= 4 is 27.2 Å². The molecule has 1 amide bonds. The molecule has 160 valence electrons. The minimum Gasteiger partial charge on any atom is -0.493 e. The molecule has 0 fully saturated rings. The van der Waals surface area contributed by atoms with Gasteiger partial charge in [-0.25, -0.2) is 13.6 Å². The average molecular weight is 439 g/mol. The van der Waals surface area contributed by atoms with Gasteiger partial charge in [-0.05, 0) is 53.6 Å². The summed E-state index contributed by atoms with van der Waals surface area (Å²) >= 11 is 0. The molecule has 8 nitrogen and oxygen atoms in total. The number of nitrogens with two attached hydrogens (primary N) is 1. The lowest BCUT2D eigenvalue weighted by molar-refractivity contribution is -0.111. The summed E-state index contributed by atoms with van der Waals surface area (Å²) in [6, 6.07) is 14.5. The highest BCUT2D eigenvalue weighted by molar-refractivity contribution is 7.89. The molecule has 0 saturated carbocycles. The molecule has 0 aliphatic rings. The summed E-state index contributed by atoms with van der Waals surface area (Å²) in [7, 11) is -0.725. The molecular weight excluding hydrogens is 418 g/mol. The summed E-state index contributed by atoms with van der Waals surface area (Å²) in [5, 5.41) is 7.81. The molecule has 31 heavy (non-hydrogen) atoms. The molecule has 0 unspecified atom stereocenters. The molecule has 0 atom stereocenters. The molecule has 3 aromatic rings. The maximum Gasteiger partial charge on any atom is 0.249 e. The van der Waals surface area contributed by atoms with Gasteiger partial charge in [-0.3, -0.25) is 9.78 Å². The van der Waals surface area contributed by atoms with Crippen LogP contribution in [0.3, 0.4) is 0 Å². The molecule has 0 bridgehead atoms. The molecule has 0 spiro atoms. The lowest BCUT2D eigenvalue weighted by Gasteiger charge is -2.13. The SMILES string of the molecule is COc1ccc(/C(=C/C(=O)Nc2ccc(S(N)(=O)=O)cc2)c2cccnc2)cc1OC. The maximum absolute atomic E-state index is 12.7. The Hall–Kier alpha value is -3.69. The van der Waals surface area contributed by atoms with Gasteiger partial charge in [0.2, 0.25) is 15.9 Å². The Balaban J connectivity index is 1.95. The van der Waals surface area contributed by atoms with Crippen LogP contribution in [0.25, 0.3) is 5.57 Å². The number of ether oxygens (including phenoxy) is 2. The highest BCUT2D eigenvalue weighted by Crippen LogP contribution is 2.32. The standard InChI is InChI=1S/C22H21N3O5S/c1-29-20-10-5-15(12-21(20)30-2)19(16-4-3-11-24-14-16)13-22(26)25-17-6-8-18(9-7-17)31(23,27)28/h3-14H,1-2H3,(H,25,26)(H2,23,27,28)/b19-13-. The molecule has 3 N–H and O–H groups in total. The van der Waals surface area contributed by atoms with E-state index in [-0.39, 0.29) is 4.90 Å². The smallest absolute Gasteiger partial charge is 0.249 e. The molecule has 0 aliphatic heterocycles. The lowest BCUT2D eigenvalue weighted by Crippen LogP contribution is -2.13. The van der Waals surface area contributed by atoms with E-state index in [0.717, 1.165) is 11.1 Å². The number of benzene rings is 2. The fourth-order valence-electron chi connectivity index (χ4n) is 2.90. The third kappa shape index (κ3) is 5.47. The number of sulfonamides is 1. The first-order valence-electron chi connectivity index (χ1n) is 9.10. The Morgan fingerprint density at radius 2 is 1.71 bits per heavy atom. The van der Waals surface area contributed by atoms with E-state index in [1.807, 2.05) is 12.1 Å². The zero-order valence-electron chi connectivity index (χ0n) is 16.9. The van der Waals surface area contributed by atoms with Crippen LogP contribution in [0.15, 0.2) is 78.0 Å². The van der Waals surface area contributed by atoms with Gasteiger partial charge in [-0.1, -0.05) is 12.1 Å². The van der Waals surface area contributed by atoms with Crippen molar-refractivity contribution < 1.29 is 22.7 Å². The van der Waals surface area contributed by atoms with Gasteiger partial charge in [0.15, 0.2) is 11.5 Å². The molecule has 9 heteroatoms. The maximum atomic E-state index is 12.7. The fourth-order valence-corrected chi connectivity index (χ4v) is 3.41. The van der Waals surface area contributed by atoms with Crippen molar-refractivity contribution in [3.05, 3.63) is 84.2 Å². The van der Waals surface area contributed by atoms with Crippen molar-refractivity contribution in [3.63, 3.8) is 0 Å². The van der Waals surface area contributed by atoms with Crippen LogP contribution in [-0.2, 0) is 14.8 Å². The van der Waals surface area contributed by atoms with Crippen molar-refractivity contribution in [2.45, 2.75) is 4.90 Å². The summed E-state index contributed by atoms with van der Waals surface area (Å²) < 4.78 is 33.4. The van der Waals surface area contributed by atoms with E-state index >= 15 is 0 Å². The van der Waals surface area contributed by atoms with E-state index in [1.165, 1.54) is 37.5 Å². The number of hydrogen-bond donors (Lipinski definition) is 2. The van der Waals surface area contributed by atoms with Crippen LogP contribution >= 0.6 is 0 Å². The van der Waals surface area contributed by atoms with Crippen LogP contribution in [0, 0.1) is 0 Å². The minimum atomic E-state index is -3.81. The van der Waals surface area contributed by atoms with E-state index in [2.05, 4.69) is 10.3 Å². The number of nitrogens with one attached hydrogen (secondary N) is 1. The number of primary sulfonamides is 1. The number of carbonyl (C=O) groups is 1. The predicted octanol–water partition coefficient (Wildman–Crippen LogP) is 2.82. The van der Waals surface area contributed by atoms with Gasteiger partial charge < -0.3 is 14.8 Å². The van der Waals surface area contributed by atoms with E-state index in [4.69, 9.17) is 14.6 Å². The molecule has 1 aromatic heterocycles. The number of amides is 1. The van der Waals surface area contributed by atoms with Gasteiger partial charge in [0.1, 0.15) is 0 Å². The molecule has 0 saturated heterocycles. The van der Waals surface area contributed by atoms with Crippen LogP contribution in [0.5, 0.6) is 11.5 Å². The monoisotopic (exact) mass is 439 g/mol. The van der Waals surface area contributed by atoms with Gasteiger partial charge in [0.05, 0.1) is 19.1 Å². The first-order chi connectivity index (χ1) is 14.8. The first-order valence-corrected chi connectivity index (χ1v) is 10.6. The summed E-state index contributed by atoms with van der Waals surface area (Å²) in [5.41, 5.74) is 2.50. The molecule has 1 heterocycles. The number of pyridine rings is 1. The second kappa shape index (κ2) is 9.41. The molecule has 0 radical (unpaired) electrons. The highest BCUT2D eigenvalue weighted by atomic mass is 32.2. The van der Waals surface area contributed by atoms with Gasteiger partial charge in [0.25, 0.3) is 0 Å². The Bertz CT molecular complexity index is 1210. The summed E-state index contributed by atoms with van der Waals surface area (Å²) in [6.07, 6.45) is 4.73. The quantitative estimate of drug-likeness (QED) is 0.546. The zero-order valence-corrected chi connectivity index (χ0v) is 17.7. The van der Waals surface area contributed by atoms with Gasteiger partial charge >= 0.3 is 0 Å².